The predicted octanol–water partition coefficient (Wildman–Crippen LogP) is 2.12. The first kappa shape index (κ1) is 15.4. The molecule has 120 valence electrons. The molecule has 3 rings (SSSR count). The second-order valence-corrected chi connectivity index (χ2v) is 5.97. The lowest BCUT2D eigenvalue weighted by atomic mass is 10.1. The van der Waals surface area contributed by atoms with E-state index in [4.69, 9.17) is 0 Å². The highest BCUT2D eigenvalue weighted by molar-refractivity contribution is 5.88. The summed E-state index contributed by atoms with van der Waals surface area (Å²) in [4.78, 5) is 14.4. The zero-order valence-corrected chi connectivity index (χ0v) is 13.1. The molecule has 0 saturated carbocycles. The first-order valence-corrected chi connectivity index (χ1v) is 7.82. The minimum atomic E-state index is -0.232. The molecule has 2 N–H and O–H groups in total. The van der Waals surface area contributed by atoms with Gasteiger partial charge in [-0.15, -0.1) is 5.10 Å². The number of carbonyl (C=O) groups excluding carboxylic acids is 1. The van der Waals surface area contributed by atoms with Crippen LogP contribution in [0.2, 0.25) is 0 Å². The molecule has 0 aliphatic carbocycles. The van der Waals surface area contributed by atoms with Crippen molar-refractivity contribution < 1.29 is 4.79 Å². The first-order chi connectivity index (χ1) is 11.2. The van der Waals surface area contributed by atoms with Crippen molar-refractivity contribution in [2.75, 3.05) is 18.4 Å². The summed E-state index contributed by atoms with van der Waals surface area (Å²) < 4.78 is 0. The third-order valence-corrected chi connectivity index (χ3v) is 4.07. The van der Waals surface area contributed by atoms with Gasteiger partial charge >= 0.3 is 6.03 Å². The maximum atomic E-state index is 12.1. The van der Waals surface area contributed by atoms with Gasteiger partial charge in [-0.05, 0) is 23.6 Å². The van der Waals surface area contributed by atoms with Gasteiger partial charge in [0.2, 0.25) is 0 Å². The van der Waals surface area contributed by atoms with E-state index in [0.29, 0.717) is 11.7 Å². The van der Waals surface area contributed by atoms with Gasteiger partial charge in [0.1, 0.15) is 0 Å². The van der Waals surface area contributed by atoms with E-state index in [1.165, 1.54) is 5.56 Å². The van der Waals surface area contributed by atoms with Gasteiger partial charge in [-0.1, -0.05) is 37.3 Å². The molecule has 1 aliphatic rings. The molecule has 2 amide bonds. The lowest BCUT2D eigenvalue weighted by Gasteiger charge is -2.17. The minimum absolute atomic E-state index is 0.135. The Hall–Kier alpha value is -2.47. The van der Waals surface area contributed by atoms with Crippen LogP contribution >= 0.6 is 0 Å². The molecule has 0 unspecified atom stereocenters. The van der Waals surface area contributed by atoms with Gasteiger partial charge in [-0.25, -0.2) is 4.79 Å². The van der Waals surface area contributed by atoms with Crippen molar-refractivity contribution in [3.05, 3.63) is 54.2 Å². The smallest absolute Gasteiger partial charge is 0.320 e. The molecule has 0 bridgehead atoms. The van der Waals surface area contributed by atoms with Crippen molar-refractivity contribution in [1.29, 1.82) is 0 Å². The first-order valence-electron chi connectivity index (χ1n) is 7.82. The van der Waals surface area contributed by atoms with Crippen LogP contribution in [-0.2, 0) is 6.54 Å². The van der Waals surface area contributed by atoms with Gasteiger partial charge in [-0.2, -0.15) is 5.10 Å². The van der Waals surface area contributed by atoms with E-state index >= 15 is 0 Å². The van der Waals surface area contributed by atoms with Gasteiger partial charge in [0.05, 0.1) is 0 Å². The Labute approximate surface area is 135 Å². The number of carbonyl (C=O) groups is 1. The maximum Gasteiger partial charge on any atom is 0.320 e. The van der Waals surface area contributed by atoms with Gasteiger partial charge < -0.3 is 5.32 Å². The fourth-order valence-electron chi connectivity index (χ4n) is 2.91. The Morgan fingerprint density at radius 2 is 2.04 bits per heavy atom. The molecule has 2 atom stereocenters. The molecule has 0 radical (unpaired) electrons. The van der Waals surface area contributed by atoms with Gasteiger partial charge in [0.25, 0.3) is 0 Å². The summed E-state index contributed by atoms with van der Waals surface area (Å²) in [5.74, 6) is 0.864. The highest BCUT2D eigenvalue weighted by Gasteiger charge is 2.30. The van der Waals surface area contributed by atoms with E-state index in [9.17, 15) is 4.79 Å². The number of nitrogens with one attached hydrogen (secondary N) is 2. The van der Waals surface area contributed by atoms with Crippen molar-refractivity contribution >= 4 is 11.8 Å². The average molecular weight is 311 g/mol. The lowest BCUT2D eigenvalue weighted by Crippen LogP contribution is -2.42. The fourth-order valence-corrected chi connectivity index (χ4v) is 2.91. The number of rotatable bonds is 4. The number of amides is 2. The normalized spacial score (nSPS) is 21.1. The van der Waals surface area contributed by atoms with Crippen LogP contribution in [0.5, 0.6) is 0 Å². The molecule has 1 aromatic heterocycles. The zero-order chi connectivity index (χ0) is 16.1. The van der Waals surface area contributed by atoms with Crippen LogP contribution in [0.15, 0.2) is 48.7 Å². The molecule has 2 aromatic rings. The van der Waals surface area contributed by atoms with E-state index in [2.05, 4.69) is 56.9 Å². The molecule has 23 heavy (non-hydrogen) atoms. The second kappa shape index (κ2) is 7.19. The van der Waals surface area contributed by atoms with E-state index in [1.54, 1.807) is 18.3 Å². The van der Waals surface area contributed by atoms with Crippen molar-refractivity contribution in [1.82, 2.24) is 20.4 Å². The molecule has 6 nitrogen and oxygen atoms in total. The summed E-state index contributed by atoms with van der Waals surface area (Å²) in [6.45, 7) is 4.91. The summed E-state index contributed by atoms with van der Waals surface area (Å²) in [6, 6.07) is 13.8. The van der Waals surface area contributed by atoms with E-state index in [-0.39, 0.29) is 12.1 Å². The molecule has 1 aliphatic heterocycles. The van der Waals surface area contributed by atoms with E-state index in [1.807, 2.05) is 6.07 Å². The summed E-state index contributed by atoms with van der Waals surface area (Å²) >= 11 is 0. The second-order valence-electron chi connectivity index (χ2n) is 5.97. The van der Waals surface area contributed by atoms with Crippen LogP contribution in [-0.4, -0.2) is 40.3 Å². The summed E-state index contributed by atoms with van der Waals surface area (Å²) in [6.07, 6.45) is 1.57. The van der Waals surface area contributed by atoms with Gasteiger partial charge in [-0.3, -0.25) is 10.2 Å². The number of hydrogen-bond acceptors (Lipinski definition) is 4. The minimum Gasteiger partial charge on any atom is -0.333 e. The van der Waals surface area contributed by atoms with E-state index in [0.717, 1.165) is 19.6 Å². The van der Waals surface area contributed by atoms with Crippen LogP contribution in [0, 0.1) is 5.92 Å². The van der Waals surface area contributed by atoms with Gasteiger partial charge in [0.15, 0.2) is 5.82 Å². The number of urea groups is 1. The number of likely N-dealkylation sites (tertiary alicyclic amines) is 1. The predicted molar refractivity (Wildman–Crippen MR) is 88.9 cm³/mol. The van der Waals surface area contributed by atoms with E-state index < -0.39 is 0 Å². The molecular formula is C17H21N5O. The van der Waals surface area contributed by atoms with Crippen LogP contribution in [0.3, 0.4) is 0 Å². The average Bonchev–Trinajstić information content (AvgIpc) is 2.88. The standard InChI is InChI=1S/C17H21N5O/c1-13-10-22(11-14-6-3-2-4-7-14)12-15(13)19-17(23)20-16-8-5-9-18-21-16/h2-9,13,15H,10-12H2,1H3,(H2,19,20,21,23)/t13-,15-/m0/s1. The number of hydrogen-bond donors (Lipinski definition) is 2. The Bertz CT molecular complexity index is 634. The monoisotopic (exact) mass is 311 g/mol. The topological polar surface area (TPSA) is 70.2 Å². The Balaban J connectivity index is 1.51. The van der Waals surface area contributed by atoms with Crippen LogP contribution in [0.25, 0.3) is 0 Å². The van der Waals surface area contributed by atoms with Crippen molar-refractivity contribution in [3.8, 4) is 0 Å². The largest absolute Gasteiger partial charge is 0.333 e. The highest BCUT2D eigenvalue weighted by Crippen LogP contribution is 2.19. The maximum absolute atomic E-state index is 12.1. The van der Waals surface area contributed by atoms with Crippen molar-refractivity contribution in [3.63, 3.8) is 0 Å². The zero-order valence-electron chi connectivity index (χ0n) is 13.1. The summed E-state index contributed by atoms with van der Waals surface area (Å²) in [5, 5.41) is 13.3. The molecule has 0 spiro atoms. The Morgan fingerprint density at radius 3 is 2.78 bits per heavy atom. The molecule has 1 aromatic carbocycles. The van der Waals surface area contributed by atoms with Gasteiger partial charge in [0, 0.05) is 31.9 Å². The number of aromatic nitrogens is 2. The number of anilines is 1. The Morgan fingerprint density at radius 1 is 1.22 bits per heavy atom. The third kappa shape index (κ3) is 4.26. The fraction of sp³-hybridized carbons (Fsp3) is 0.353. The molecular weight excluding hydrogens is 290 g/mol. The van der Waals surface area contributed by atoms with Crippen molar-refractivity contribution in [2.45, 2.75) is 19.5 Å². The molecule has 6 heteroatoms. The number of benzene rings is 1. The molecule has 1 saturated heterocycles. The summed E-state index contributed by atoms with van der Waals surface area (Å²) in [5.41, 5.74) is 1.30. The number of nitrogens with zero attached hydrogens (tertiary/aromatic N) is 3. The van der Waals surface area contributed by atoms with Crippen LogP contribution in [0.4, 0.5) is 10.6 Å². The molecule has 1 fully saturated rings. The highest BCUT2D eigenvalue weighted by atomic mass is 16.2. The van der Waals surface area contributed by atoms with Crippen molar-refractivity contribution in [2.24, 2.45) is 5.92 Å². The third-order valence-electron chi connectivity index (χ3n) is 4.07. The molecule has 2 heterocycles. The summed E-state index contributed by atoms with van der Waals surface area (Å²) in [7, 11) is 0. The van der Waals surface area contributed by atoms with Crippen LogP contribution in [0.1, 0.15) is 12.5 Å². The quantitative estimate of drug-likeness (QED) is 0.907. The van der Waals surface area contributed by atoms with Crippen LogP contribution < -0.4 is 10.6 Å². The lowest BCUT2D eigenvalue weighted by molar-refractivity contribution is 0.246. The Kier molecular flexibility index (Phi) is 4.83. The SMILES string of the molecule is C[C@H]1CN(Cc2ccccc2)C[C@@H]1NC(=O)Nc1cccnn1.